The summed E-state index contributed by atoms with van der Waals surface area (Å²) in [5.74, 6) is -0.141. The first-order valence-electron chi connectivity index (χ1n) is 6.84. The van der Waals surface area contributed by atoms with Gasteiger partial charge in [0, 0.05) is 15.4 Å². The second-order valence-corrected chi connectivity index (χ2v) is 7.27. The van der Waals surface area contributed by atoms with Crippen molar-refractivity contribution in [2.45, 2.75) is 32.2 Å². The van der Waals surface area contributed by atoms with E-state index in [1.807, 2.05) is 25.1 Å². The first kappa shape index (κ1) is 17.4. The zero-order valence-corrected chi connectivity index (χ0v) is 15.3. The van der Waals surface area contributed by atoms with Gasteiger partial charge in [0.1, 0.15) is 0 Å². The molecule has 1 atom stereocenters. The van der Waals surface area contributed by atoms with Crippen molar-refractivity contribution in [3.8, 4) is 0 Å². The Hall–Kier alpha value is -0.950. The lowest BCUT2D eigenvalue weighted by Gasteiger charge is -2.15. The quantitative estimate of drug-likeness (QED) is 0.804. The number of thiazole rings is 1. The Bertz CT molecular complexity index is 704. The number of amides is 1. The third-order valence-electron chi connectivity index (χ3n) is 3.57. The SMILES string of the molecule is Cc1ccc(C(=O)Nc2nc3c(s2)C[C@@H](N)CC3)c(Br)c1.Cl. The number of nitrogens with zero attached hydrogens (tertiary/aromatic N) is 1. The Labute approximate surface area is 148 Å². The van der Waals surface area contributed by atoms with E-state index in [9.17, 15) is 4.79 Å². The molecule has 3 rings (SSSR count). The average molecular weight is 403 g/mol. The number of hydrogen-bond donors (Lipinski definition) is 2. The molecule has 7 heteroatoms. The summed E-state index contributed by atoms with van der Waals surface area (Å²) in [6, 6.07) is 5.89. The smallest absolute Gasteiger partial charge is 0.258 e. The first-order valence-corrected chi connectivity index (χ1v) is 8.45. The molecule has 1 amide bonds. The maximum absolute atomic E-state index is 12.3. The molecule has 0 saturated heterocycles. The summed E-state index contributed by atoms with van der Waals surface area (Å²) >= 11 is 4.96. The highest BCUT2D eigenvalue weighted by Crippen LogP contribution is 2.30. The Morgan fingerprint density at radius 3 is 3.00 bits per heavy atom. The topological polar surface area (TPSA) is 68.0 Å². The number of rotatable bonds is 2. The van der Waals surface area contributed by atoms with Gasteiger partial charge in [0.25, 0.3) is 5.91 Å². The van der Waals surface area contributed by atoms with Gasteiger partial charge < -0.3 is 5.73 Å². The van der Waals surface area contributed by atoms with Crippen LogP contribution in [-0.4, -0.2) is 16.9 Å². The van der Waals surface area contributed by atoms with Crippen molar-refractivity contribution in [1.29, 1.82) is 0 Å². The molecule has 22 heavy (non-hydrogen) atoms. The molecule has 1 aromatic heterocycles. The van der Waals surface area contributed by atoms with Crippen molar-refractivity contribution < 1.29 is 4.79 Å². The highest BCUT2D eigenvalue weighted by molar-refractivity contribution is 9.10. The second kappa shape index (κ2) is 7.08. The third kappa shape index (κ3) is 3.68. The number of aromatic nitrogens is 1. The van der Waals surface area contributed by atoms with Crippen molar-refractivity contribution in [1.82, 2.24) is 4.98 Å². The summed E-state index contributed by atoms with van der Waals surface area (Å²) in [5.41, 5.74) is 8.78. The molecule has 0 spiro atoms. The van der Waals surface area contributed by atoms with E-state index in [1.165, 1.54) is 16.2 Å². The van der Waals surface area contributed by atoms with E-state index in [1.54, 1.807) is 0 Å². The number of halogens is 2. The molecule has 0 radical (unpaired) electrons. The van der Waals surface area contributed by atoms with Gasteiger partial charge in [-0.25, -0.2) is 4.98 Å². The van der Waals surface area contributed by atoms with Crippen LogP contribution < -0.4 is 11.1 Å². The van der Waals surface area contributed by atoms with Crippen molar-refractivity contribution in [2.24, 2.45) is 5.73 Å². The average Bonchev–Trinajstić information content (AvgIpc) is 2.79. The molecule has 0 aliphatic heterocycles. The fraction of sp³-hybridized carbons (Fsp3) is 0.333. The van der Waals surface area contributed by atoms with Crippen molar-refractivity contribution in [3.63, 3.8) is 0 Å². The number of carbonyl (C=O) groups excluding carboxylic acids is 1. The zero-order valence-electron chi connectivity index (χ0n) is 12.1. The van der Waals surface area contributed by atoms with E-state index in [0.29, 0.717) is 10.7 Å². The van der Waals surface area contributed by atoms with Gasteiger partial charge in [0.15, 0.2) is 5.13 Å². The van der Waals surface area contributed by atoms with E-state index in [4.69, 9.17) is 5.73 Å². The normalized spacial score (nSPS) is 16.6. The molecule has 1 heterocycles. The van der Waals surface area contributed by atoms with Gasteiger partial charge in [-0.1, -0.05) is 6.07 Å². The van der Waals surface area contributed by atoms with Gasteiger partial charge in [-0.05, 0) is 59.8 Å². The highest BCUT2D eigenvalue weighted by atomic mass is 79.9. The van der Waals surface area contributed by atoms with E-state index >= 15 is 0 Å². The Kier molecular flexibility index (Phi) is 5.60. The minimum absolute atomic E-state index is 0. The number of fused-ring (bicyclic) bond motifs is 1. The van der Waals surface area contributed by atoms with Crippen LogP contribution in [0.15, 0.2) is 22.7 Å². The third-order valence-corrected chi connectivity index (χ3v) is 5.26. The molecule has 1 aromatic carbocycles. The Morgan fingerprint density at radius 1 is 1.50 bits per heavy atom. The van der Waals surface area contributed by atoms with Crippen LogP contribution >= 0.6 is 39.7 Å². The number of hydrogen-bond acceptors (Lipinski definition) is 4. The van der Waals surface area contributed by atoms with E-state index in [0.717, 1.165) is 35.0 Å². The molecule has 1 aliphatic rings. The van der Waals surface area contributed by atoms with Crippen LogP contribution in [0.1, 0.15) is 32.9 Å². The fourth-order valence-electron chi connectivity index (χ4n) is 2.42. The Balaban J connectivity index is 0.00000176. The highest BCUT2D eigenvalue weighted by Gasteiger charge is 2.21. The first-order chi connectivity index (χ1) is 10.0. The minimum atomic E-state index is -0.141. The fourth-order valence-corrected chi connectivity index (χ4v) is 4.19. The summed E-state index contributed by atoms with van der Waals surface area (Å²) in [6.45, 7) is 1.99. The van der Waals surface area contributed by atoms with Crippen LogP contribution in [0.4, 0.5) is 5.13 Å². The van der Waals surface area contributed by atoms with Crippen molar-refractivity contribution in [3.05, 3.63) is 44.4 Å². The molecule has 0 bridgehead atoms. The number of carbonyl (C=O) groups is 1. The summed E-state index contributed by atoms with van der Waals surface area (Å²) in [4.78, 5) is 18.0. The second-order valence-electron chi connectivity index (χ2n) is 5.33. The summed E-state index contributed by atoms with van der Waals surface area (Å²) < 4.78 is 0.795. The van der Waals surface area contributed by atoms with E-state index in [-0.39, 0.29) is 24.4 Å². The van der Waals surface area contributed by atoms with Gasteiger partial charge in [-0.2, -0.15) is 0 Å². The van der Waals surface area contributed by atoms with Gasteiger partial charge in [-0.15, -0.1) is 23.7 Å². The molecule has 1 aliphatic carbocycles. The predicted octanol–water partition coefficient (Wildman–Crippen LogP) is 3.70. The Morgan fingerprint density at radius 2 is 2.27 bits per heavy atom. The number of benzene rings is 1. The molecule has 118 valence electrons. The maximum atomic E-state index is 12.3. The van der Waals surface area contributed by atoms with Crippen molar-refractivity contribution >= 4 is 50.7 Å². The van der Waals surface area contributed by atoms with Crippen LogP contribution in [0, 0.1) is 6.92 Å². The number of aryl methyl sites for hydroxylation is 2. The van der Waals surface area contributed by atoms with Crippen LogP contribution in [0.5, 0.6) is 0 Å². The lowest BCUT2D eigenvalue weighted by molar-refractivity contribution is 0.102. The largest absolute Gasteiger partial charge is 0.327 e. The summed E-state index contributed by atoms with van der Waals surface area (Å²) in [6.07, 6.45) is 2.72. The monoisotopic (exact) mass is 401 g/mol. The molecule has 2 aromatic rings. The number of nitrogens with one attached hydrogen (secondary N) is 1. The van der Waals surface area contributed by atoms with E-state index < -0.39 is 0 Å². The van der Waals surface area contributed by atoms with Crippen LogP contribution in [-0.2, 0) is 12.8 Å². The van der Waals surface area contributed by atoms with Gasteiger partial charge in [0.2, 0.25) is 0 Å². The van der Waals surface area contributed by atoms with Crippen LogP contribution in [0.2, 0.25) is 0 Å². The van der Waals surface area contributed by atoms with Gasteiger partial charge in [-0.3, -0.25) is 10.1 Å². The maximum Gasteiger partial charge on any atom is 0.258 e. The zero-order chi connectivity index (χ0) is 15.0. The standard InChI is InChI=1S/C15H16BrN3OS.ClH/c1-8-2-4-10(11(16)6-8)14(20)19-15-18-12-5-3-9(17)7-13(12)21-15;/h2,4,6,9H,3,5,7,17H2,1H3,(H,18,19,20);1H/t9-;/m0./s1. The summed E-state index contributed by atoms with van der Waals surface area (Å²) in [5, 5.41) is 3.55. The number of nitrogens with two attached hydrogens (primary N) is 1. The summed E-state index contributed by atoms with van der Waals surface area (Å²) in [7, 11) is 0. The predicted molar refractivity (Wildman–Crippen MR) is 96.2 cm³/mol. The number of anilines is 1. The molecule has 0 saturated carbocycles. The molecule has 3 N–H and O–H groups in total. The minimum Gasteiger partial charge on any atom is -0.327 e. The van der Waals surface area contributed by atoms with Crippen LogP contribution in [0.3, 0.4) is 0 Å². The molecular formula is C15H17BrClN3OS. The molecule has 0 unspecified atom stereocenters. The van der Waals surface area contributed by atoms with E-state index in [2.05, 4.69) is 26.2 Å². The van der Waals surface area contributed by atoms with Crippen molar-refractivity contribution in [2.75, 3.05) is 5.32 Å². The molecule has 0 fully saturated rings. The van der Waals surface area contributed by atoms with Gasteiger partial charge in [0.05, 0.1) is 11.3 Å². The van der Waals surface area contributed by atoms with Gasteiger partial charge >= 0.3 is 0 Å². The lowest BCUT2D eigenvalue weighted by Crippen LogP contribution is -2.27. The molecule has 4 nitrogen and oxygen atoms in total. The lowest BCUT2D eigenvalue weighted by atomic mass is 9.99. The van der Waals surface area contributed by atoms with Crippen LogP contribution in [0.25, 0.3) is 0 Å². The molecular weight excluding hydrogens is 386 g/mol.